The molecular weight excluding hydrogens is 412 g/mol. The molecule has 0 radical (unpaired) electrons. The van der Waals surface area contributed by atoms with Gasteiger partial charge < -0.3 is 10.2 Å². The van der Waals surface area contributed by atoms with E-state index in [1.54, 1.807) is 6.07 Å². The number of nitrogens with zero attached hydrogens (tertiary/aromatic N) is 2. The summed E-state index contributed by atoms with van der Waals surface area (Å²) in [4.78, 5) is 2.21. The molecule has 27 heavy (non-hydrogen) atoms. The van der Waals surface area contributed by atoms with Gasteiger partial charge in [-0.2, -0.15) is 0 Å². The second-order valence-corrected chi connectivity index (χ2v) is 7.87. The fraction of sp³-hybridized carbons (Fsp3) is 0.222. The maximum atomic E-state index is 13.4. The molecule has 1 saturated heterocycles. The van der Waals surface area contributed by atoms with Crippen LogP contribution in [0, 0.1) is 5.82 Å². The van der Waals surface area contributed by atoms with E-state index >= 15 is 0 Å². The van der Waals surface area contributed by atoms with Crippen molar-refractivity contribution >= 4 is 51.4 Å². The van der Waals surface area contributed by atoms with Gasteiger partial charge in [-0.05, 0) is 42.5 Å². The Balaban J connectivity index is 0.00000131. The fourth-order valence-electron chi connectivity index (χ4n) is 3.17. The first-order valence-electron chi connectivity index (χ1n) is 8.14. The molecule has 0 unspecified atom stereocenters. The normalized spacial score (nSPS) is 14.5. The molecule has 3 aromatic rings. The third kappa shape index (κ3) is 4.06. The largest absolute Gasteiger partial charge is 0.369 e. The van der Waals surface area contributed by atoms with Crippen LogP contribution in [0.25, 0.3) is 10.9 Å². The first-order chi connectivity index (χ1) is 12.1. The van der Waals surface area contributed by atoms with Crippen LogP contribution in [0.3, 0.4) is 0 Å². The van der Waals surface area contributed by atoms with Crippen LogP contribution < -0.4 is 10.2 Å². The Kier molecular flexibility index (Phi) is 6.75. The van der Waals surface area contributed by atoms with Gasteiger partial charge in [0.25, 0.3) is 10.0 Å². The van der Waals surface area contributed by atoms with Gasteiger partial charge in [-0.15, -0.1) is 24.8 Å². The summed E-state index contributed by atoms with van der Waals surface area (Å²) >= 11 is 0. The highest BCUT2D eigenvalue weighted by atomic mass is 35.5. The van der Waals surface area contributed by atoms with E-state index in [1.165, 1.54) is 28.4 Å². The van der Waals surface area contributed by atoms with Crippen LogP contribution in [0.5, 0.6) is 0 Å². The third-order valence-corrected chi connectivity index (χ3v) is 6.16. The molecule has 4 rings (SSSR count). The number of nitrogens with one attached hydrogen (secondary N) is 1. The highest BCUT2D eigenvalue weighted by Crippen LogP contribution is 2.26. The van der Waals surface area contributed by atoms with Gasteiger partial charge >= 0.3 is 0 Å². The minimum atomic E-state index is -3.83. The van der Waals surface area contributed by atoms with E-state index in [-0.39, 0.29) is 29.7 Å². The predicted octanol–water partition coefficient (Wildman–Crippen LogP) is 3.27. The lowest BCUT2D eigenvalue weighted by Crippen LogP contribution is -2.43. The van der Waals surface area contributed by atoms with Crippen LogP contribution in [0.15, 0.2) is 59.6 Å². The van der Waals surface area contributed by atoms with Crippen LogP contribution in [0.4, 0.5) is 10.1 Å². The summed E-state index contributed by atoms with van der Waals surface area (Å²) in [5, 5.41) is 4.16. The quantitative estimate of drug-likeness (QED) is 0.691. The fourth-order valence-corrected chi connectivity index (χ4v) is 4.56. The smallest absolute Gasteiger partial charge is 0.268 e. The molecule has 1 aliphatic rings. The summed E-state index contributed by atoms with van der Waals surface area (Å²) in [7, 11) is -3.83. The SMILES string of the molecule is Cl.Cl.O=S(=O)(c1cccc(F)c1)n1ccc2cc(N3CCNCC3)ccc21. The van der Waals surface area contributed by atoms with Crippen molar-refractivity contribution in [2.75, 3.05) is 31.1 Å². The number of aromatic nitrogens is 1. The van der Waals surface area contributed by atoms with Gasteiger partial charge in [-0.3, -0.25) is 0 Å². The van der Waals surface area contributed by atoms with Crippen LogP contribution in [-0.2, 0) is 10.0 Å². The zero-order chi connectivity index (χ0) is 17.4. The molecule has 1 fully saturated rings. The first-order valence-corrected chi connectivity index (χ1v) is 9.58. The molecular formula is C18H20Cl2FN3O2S. The van der Waals surface area contributed by atoms with Gasteiger partial charge in [0, 0.05) is 43.4 Å². The Morgan fingerprint density at radius 2 is 1.70 bits per heavy atom. The van der Waals surface area contributed by atoms with Crippen molar-refractivity contribution in [2.45, 2.75) is 4.90 Å². The zero-order valence-corrected chi connectivity index (χ0v) is 16.8. The van der Waals surface area contributed by atoms with Gasteiger partial charge in [0.15, 0.2) is 0 Å². The van der Waals surface area contributed by atoms with Gasteiger partial charge in [0.1, 0.15) is 5.82 Å². The molecule has 1 N–H and O–H groups in total. The van der Waals surface area contributed by atoms with E-state index < -0.39 is 15.8 Å². The highest BCUT2D eigenvalue weighted by molar-refractivity contribution is 7.90. The third-order valence-electron chi connectivity index (χ3n) is 4.47. The van der Waals surface area contributed by atoms with Gasteiger partial charge in [-0.1, -0.05) is 6.07 Å². The van der Waals surface area contributed by atoms with Crippen molar-refractivity contribution in [1.82, 2.24) is 9.29 Å². The van der Waals surface area contributed by atoms with Crippen LogP contribution >= 0.6 is 24.8 Å². The molecule has 0 atom stereocenters. The summed E-state index contributed by atoms with van der Waals surface area (Å²) in [6.45, 7) is 3.72. The minimum Gasteiger partial charge on any atom is -0.369 e. The Bertz CT molecular complexity index is 1030. The first kappa shape index (κ1) is 21.5. The van der Waals surface area contributed by atoms with Gasteiger partial charge in [0.05, 0.1) is 10.4 Å². The zero-order valence-electron chi connectivity index (χ0n) is 14.3. The lowest BCUT2D eigenvalue weighted by molar-refractivity contribution is 0.584. The molecule has 0 bridgehead atoms. The summed E-state index contributed by atoms with van der Waals surface area (Å²) in [5.41, 5.74) is 1.66. The molecule has 2 aromatic carbocycles. The molecule has 1 aromatic heterocycles. The lowest BCUT2D eigenvalue weighted by Gasteiger charge is -2.29. The standard InChI is InChI=1S/C18H18FN3O2S.2ClH/c19-15-2-1-3-17(13-15)25(23,24)22-9-6-14-12-16(4-5-18(14)22)21-10-7-20-8-11-21;;/h1-6,9,12-13,20H,7-8,10-11H2;2*1H. The van der Waals surface area contributed by atoms with Crippen molar-refractivity contribution in [2.24, 2.45) is 0 Å². The molecule has 5 nitrogen and oxygen atoms in total. The average molecular weight is 432 g/mol. The van der Waals surface area contributed by atoms with Crippen molar-refractivity contribution in [1.29, 1.82) is 0 Å². The van der Waals surface area contributed by atoms with E-state index in [9.17, 15) is 12.8 Å². The maximum absolute atomic E-state index is 13.4. The Labute approximate surface area is 170 Å². The number of anilines is 1. The molecule has 0 amide bonds. The number of hydrogen-bond donors (Lipinski definition) is 1. The van der Waals surface area contributed by atoms with E-state index in [1.807, 2.05) is 18.2 Å². The highest BCUT2D eigenvalue weighted by Gasteiger charge is 2.20. The van der Waals surface area contributed by atoms with Crippen molar-refractivity contribution < 1.29 is 12.8 Å². The Morgan fingerprint density at radius 1 is 0.963 bits per heavy atom. The van der Waals surface area contributed by atoms with Crippen LogP contribution in [0.1, 0.15) is 0 Å². The maximum Gasteiger partial charge on any atom is 0.268 e. The average Bonchev–Trinajstić information content (AvgIpc) is 3.06. The van der Waals surface area contributed by atoms with Crippen molar-refractivity contribution in [3.05, 3.63) is 60.5 Å². The number of fused-ring (bicyclic) bond motifs is 1. The van der Waals surface area contributed by atoms with Crippen LogP contribution in [0.2, 0.25) is 0 Å². The topological polar surface area (TPSA) is 54.3 Å². The minimum absolute atomic E-state index is 0. The van der Waals surface area contributed by atoms with E-state index in [0.29, 0.717) is 5.52 Å². The van der Waals surface area contributed by atoms with E-state index in [2.05, 4.69) is 10.2 Å². The van der Waals surface area contributed by atoms with E-state index in [0.717, 1.165) is 43.3 Å². The summed E-state index contributed by atoms with van der Waals surface area (Å²) in [6.07, 6.45) is 1.52. The summed E-state index contributed by atoms with van der Waals surface area (Å²) in [5.74, 6) is -0.571. The monoisotopic (exact) mass is 431 g/mol. The molecule has 1 aliphatic heterocycles. The molecule has 0 saturated carbocycles. The summed E-state index contributed by atoms with van der Waals surface area (Å²) < 4.78 is 40.3. The second-order valence-electron chi connectivity index (χ2n) is 6.05. The van der Waals surface area contributed by atoms with Crippen molar-refractivity contribution in [3.63, 3.8) is 0 Å². The number of halogens is 3. The number of hydrogen-bond acceptors (Lipinski definition) is 4. The van der Waals surface area contributed by atoms with Crippen LogP contribution in [-0.4, -0.2) is 38.6 Å². The van der Waals surface area contributed by atoms with Gasteiger partial charge in [0.2, 0.25) is 0 Å². The molecule has 0 spiro atoms. The predicted molar refractivity (Wildman–Crippen MR) is 111 cm³/mol. The number of benzene rings is 2. The molecule has 146 valence electrons. The molecule has 9 heteroatoms. The van der Waals surface area contributed by atoms with Gasteiger partial charge in [-0.25, -0.2) is 16.8 Å². The Hall–Kier alpha value is -1.80. The molecule has 2 heterocycles. The van der Waals surface area contributed by atoms with E-state index in [4.69, 9.17) is 0 Å². The number of rotatable bonds is 3. The second kappa shape index (κ2) is 8.48. The Morgan fingerprint density at radius 3 is 2.41 bits per heavy atom. The summed E-state index contributed by atoms with van der Waals surface area (Å²) in [6, 6.07) is 12.6. The lowest BCUT2D eigenvalue weighted by atomic mass is 10.2. The number of piperazine rings is 1. The molecule has 0 aliphatic carbocycles. The van der Waals surface area contributed by atoms with Crippen molar-refractivity contribution in [3.8, 4) is 0 Å².